The monoisotopic (exact) mass is 468 g/mol. The number of aliphatic imine (C=N–C) groups is 1. The summed E-state index contributed by atoms with van der Waals surface area (Å²) in [5, 5.41) is 13.8. The van der Waals surface area contributed by atoms with Gasteiger partial charge in [0.15, 0.2) is 0 Å². The number of hydrogen-bond acceptors (Lipinski definition) is 5. The molecule has 1 aliphatic carbocycles. The zero-order valence-electron chi connectivity index (χ0n) is 20.7. The molecular weight excluding hydrogens is 428 g/mol. The molecule has 3 aliphatic rings. The molecule has 0 bridgehead atoms. The number of likely N-dealkylation sites (N-methyl/N-ethyl adjacent to an activating group) is 1. The van der Waals surface area contributed by atoms with Gasteiger partial charge in [-0.15, -0.1) is 0 Å². The Morgan fingerprint density at radius 3 is 2.56 bits per heavy atom. The van der Waals surface area contributed by atoms with Gasteiger partial charge in [-0.25, -0.2) is 4.99 Å². The highest BCUT2D eigenvalue weighted by atomic mass is 16.3. The molecule has 0 spiro atoms. The van der Waals surface area contributed by atoms with Gasteiger partial charge in [-0.1, -0.05) is 57.6 Å². The van der Waals surface area contributed by atoms with Gasteiger partial charge >= 0.3 is 0 Å². The minimum Gasteiger partial charge on any atom is -0.392 e. The molecule has 7 heteroatoms. The fraction of sp³-hybridized carbons (Fsp3) is 0.667. The van der Waals surface area contributed by atoms with Crippen LogP contribution in [0.15, 0.2) is 29.3 Å². The molecule has 3 atom stereocenters. The molecule has 3 unspecified atom stereocenters. The van der Waals surface area contributed by atoms with Gasteiger partial charge in [-0.05, 0) is 43.7 Å². The number of benzodiazepines with no additional fused rings is 1. The summed E-state index contributed by atoms with van der Waals surface area (Å²) in [6, 6.07) is 7.85. The molecule has 0 radical (unpaired) electrons. The third-order valence-electron chi connectivity index (χ3n) is 7.45. The Labute approximate surface area is 203 Å². The number of carbonyl (C=O) groups excluding carboxylic acids is 2. The standard InChI is InChI=1S/C27H40N4O3/c1-3-4-13-23(32)21(18-19-14-15-19)26(33)29-24-27(34)30(2)22-12-8-7-11-20(22)25(28-24)31-16-9-5-6-10-17-31/h7-8,11-12,19,21,23-24,32H,3-6,9-10,13-18H2,1-2H3,(H,29,33). The van der Waals surface area contributed by atoms with Crippen LogP contribution in [-0.4, -0.2) is 60.1 Å². The van der Waals surface area contributed by atoms with E-state index in [1.165, 1.54) is 12.8 Å². The number of nitrogens with zero attached hydrogens (tertiary/aromatic N) is 3. The van der Waals surface area contributed by atoms with Crippen LogP contribution in [0.4, 0.5) is 5.69 Å². The number of nitrogens with one attached hydrogen (secondary N) is 1. The number of fused-ring (bicyclic) bond motifs is 1. The van der Waals surface area contributed by atoms with Gasteiger partial charge in [-0.3, -0.25) is 9.59 Å². The Balaban J connectivity index is 1.62. The van der Waals surface area contributed by atoms with Crippen LogP contribution < -0.4 is 10.2 Å². The summed E-state index contributed by atoms with van der Waals surface area (Å²) in [5.41, 5.74) is 1.74. The fourth-order valence-electron chi connectivity index (χ4n) is 5.14. The number of aliphatic hydroxyl groups is 1. The van der Waals surface area contributed by atoms with Gasteiger partial charge in [0.05, 0.1) is 17.7 Å². The molecule has 2 N–H and O–H groups in total. The lowest BCUT2D eigenvalue weighted by Crippen LogP contribution is -2.50. The van der Waals surface area contributed by atoms with Gasteiger partial charge in [0.25, 0.3) is 5.91 Å². The van der Waals surface area contributed by atoms with E-state index >= 15 is 0 Å². The lowest BCUT2D eigenvalue weighted by atomic mass is 9.91. The summed E-state index contributed by atoms with van der Waals surface area (Å²) < 4.78 is 0. The van der Waals surface area contributed by atoms with Crippen molar-refractivity contribution in [3.63, 3.8) is 0 Å². The van der Waals surface area contributed by atoms with Crippen LogP contribution in [0, 0.1) is 11.8 Å². The van der Waals surface area contributed by atoms with E-state index in [1.807, 2.05) is 24.3 Å². The summed E-state index contributed by atoms with van der Waals surface area (Å²) in [5.74, 6) is 0.274. The minimum absolute atomic E-state index is 0.251. The van der Waals surface area contributed by atoms with E-state index in [-0.39, 0.29) is 11.8 Å². The molecule has 2 aliphatic heterocycles. The molecule has 1 saturated carbocycles. The Bertz CT molecular complexity index is 890. The number of amides is 2. The average molecular weight is 469 g/mol. The highest BCUT2D eigenvalue weighted by Gasteiger charge is 2.37. The minimum atomic E-state index is -0.997. The number of benzene rings is 1. The summed E-state index contributed by atoms with van der Waals surface area (Å²) in [6.07, 6.45) is 8.26. The van der Waals surface area contributed by atoms with E-state index in [2.05, 4.69) is 17.1 Å². The number of unbranched alkanes of at least 4 members (excludes halogenated alkanes) is 1. The topological polar surface area (TPSA) is 85.2 Å². The molecule has 2 heterocycles. The molecule has 1 aromatic rings. The maximum atomic E-state index is 13.5. The smallest absolute Gasteiger partial charge is 0.272 e. The van der Waals surface area contributed by atoms with Crippen LogP contribution in [0.1, 0.15) is 76.7 Å². The Kier molecular flexibility index (Phi) is 8.24. The summed E-state index contributed by atoms with van der Waals surface area (Å²) in [6.45, 7) is 3.87. The van der Waals surface area contributed by atoms with Gasteiger partial charge in [0.1, 0.15) is 5.84 Å². The van der Waals surface area contributed by atoms with Gasteiger partial charge < -0.3 is 20.2 Å². The van der Waals surface area contributed by atoms with E-state index < -0.39 is 18.2 Å². The van der Waals surface area contributed by atoms with Gasteiger partial charge in [0, 0.05) is 25.7 Å². The highest BCUT2D eigenvalue weighted by Crippen LogP contribution is 2.37. The van der Waals surface area contributed by atoms with Crippen molar-refractivity contribution in [1.82, 2.24) is 10.2 Å². The van der Waals surface area contributed by atoms with Crippen molar-refractivity contribution < 1.29 is 14.7 Å². The van der Waals surface area contributed by atoms with Gasteiger partial charge in [-0.2, -0.15) is 0 Å². The first-order valence-electron chi connectivity index (χ1n) is 13.2. The molecule has 2 fully saturated rings. The molecule has 7 nitrogen and oxygen atoms in total. The maximum absolute atomic E-state index is 13.5. The first-order valence-corrected chi connectivity index (χ1v) is 13.2. The van der Waals surface area contributed by atoms with Crippen LogP contribution in [0.25, 0.3) is 0 Å². The largest absolute Gasteiger partial charge is 0.392 e. The summed E-state index contributed by atoms with van der Waals surface area (Å²) >= 11 is 0. The van der Waals surface area contributed by atoms with Crippen molar-refractivity contribution in [2.24, 2.45) is 16.8 Å². The number of hydrogen-bond donors (Lipinski definition) is 2. The lowest BCUT2D eigenvalue weighted by molar-refractivity contribution is -0.133. The summed E-state index contributed by atoms with van der Waals surface area (Å²) in [7, 11) is 1.75. The van der Waals surface area contributed by atoms with Crippen LogP contribution in [0.3, 0.4) is 0 Å². The van der Waals surface area contributed by atoms with Crippen LogP contribution in [0.2, 0.25) is 0 Å². The normalized spacial score (nSPS) is 22.9. The molecule has 0 aromatic heterocycles. The highest BCUT2D eigenvalue weighted by molar-refractivity contribution is 6.12. The summed E-state index contributed by atoms with van der Waals surface area (Å²) in [4.78, 5) is 35.7. The molecular formula is C27H40N4O3. The molecule has 2 amide bonds. The van der Waals surface area contributed by atoms with Crippen molar-refractivity contribution in [2.75, 3.05) is 25.0 Å². The average Bonchev–Trinajstić information content (AvgIpc) is 3.70. The van der Waals surface area contributed by atoms with Crippen LogP contribution in [0.5, 0.6) is 0 Å². The zero-order valence-corrected chi connectivity index (χ0v) is 20.7. The second-order valence-electron chi connectivity index (χ2n) is 10.2. The quantitative estimate of drug-likeness (QED) is 0.609. The number of anilines is 1. The van der Waals surface area contributed by atoms with E-state index in [0.29, 0.717) is 18.8 Å². The zero-order chi connectivity index (χ0) is 24.1. The van der Waals surface area contributed by atoms with Crippen molar-refractivity contribution in [3.8, 4) is 0 Å². The molecule has 4 rings (SSSR count). The van der Waals surface area contributed by atoms with E-state index in [1.54, 1.807) is 11.9 Å². The number of carbonyl (C=O) groups is 2. The van der Waals surface area contributed by atoms with E-state index in [0.717, 1.165) is 68.7 Å². The lowest BCUT2D eigenvalue weighted by Gasteiger charge is -2.26. The van der Waals surface area contributed by atoms with Crippen molar-refractivity contribution in [3.05, 3.63) is 29.8 Å². The Hall–Kier alpha value is -2.41. The molecule has 1 saturated heterocycles. The van der Waals surface area contributed by atoms with Crippen LogP contribution in [-0.2, 0) is 9.59 Å². The predicted octanol–water partition coefficient (Wildman–Crippen LogP) is 3.70. The molecule has 1 aromatic carbocycles. The van der Waals surface area contributed by atoms with E-state index in [4.69, 9.17) is 4.99 Å². The molecule has 186 valence electrons. The number of amidine groups is 1. The number of para-hydroxylation sites is 1. The predicted molar refractivity (Wildman–Crippen MR) is 135 cm³/mol. The first kappa shape index (κ1) is 24.7. The third kappa shape index (κ3) is 5.80. The number of likely N-dealkylation sites (tertiary alicyclic amines) is 1. The van der Waals surface area contributed by atoms with Crippen molar-refractivity contribution in [1.29, 1.82) is 0 Å². The fourth-order valence-corrected chi connectivity index (χ4v) is 5.14. The van der Waals surface area contributed by atoms with Crippen LogP contribution >= 0.6 is 0 Å². The maximum Gasteiger partial charge on any atom is 0.272 e. The molecule has 34 heavy (non-hydrogen) atoms. The Morgan fingerprint density at radius 1 is 1.18 bits per heavy atom. The first-order chi connectivity index (χ1) is 16.5. The second kappa shape index (κ2) is 11.3. The van der Waals surface area contributed by atoms with Crippen molar-refractivity contribution in [2.45, 2.75) is 83.4 Å². The number of aliphatic hydroxyl groups excluding tert-OH is 1. The Morgan fingerprint density at radius 2 is 1.88 bits per heavy atom. The number of rotatable bonds is 8. The van der Waals surface area contributed by atoms with E-state index in [9.17, 15) is 14.7 Å². The second-order valence-corrected chi connectivity index (χ2v) is 10.2. The third-order valence-corrected chi connectivity index (χ3v) is 7.45. The van der Waals surface area contributed by atoms with Gasteiger partial charge in [0.2, 0.25) is 12.1 Å². The SMILES string of the molecule is CCCCC(O)C(CC1CC1)C(=O)NC1N=C(N2CCCCCC2)c2ccccc2N(C)C1=O. The van der Waals surface area contributed by atoms with Crippen molar-refractivity contribution >= 4 is 23.3 Å².